The van der Waals surface area contributed by atoms with Crippen LogP contribution in [-0.4, -0.2) is 56.1 Å². The average Bonchev–Trinajstić information content (AvgIpc) is 2.71. The molecule has 1 heterocycles. The lowest BCUT2D eigenvalue weighted by molar-refractivity contribution is -0.144. The number of hydrogen-bond acceptors (Lipinski definition) is 6. The van der Waals surface area contributed by atoms with Crippen molar-refractivity contribution in [3.05, 3.63) is 29.3 Å². The zero-order valence-corrected chi connectivity index (χ0v) is 19.7. The third kappa shape index (κ3) is 7.38. The van der Waals surface area contributed by atoms with Crippen LogP contribution in [0.1, 0.15) is 51.7 Å². The third-order valence-corrected chi connectivity index (χ3v) is 7.01. The van der Waals surface area contributed by atoms with Gasteiger partial charge in [0.1, 0.15) is 18.1 Å². The molecule has 1 saturated heterocycles. The molecule has 0 radical (unpaired) electrons. The summed E-state index contributed by atoms with van der Waals surface area (Å²) in [5.74, 6) is 0.264. The lowest BCUT2D eigenvalue weighted by Gasteiger charge is -2.32. The Morgan fingerprint density at radius 2 is 1.77 bits per heavy atom. The molecular formula is C22H37N2O5P. The van der Waals surface area contributed by atoms with E-state index in [1.807, 2.05) is 18.2 Å². The summed E-state index contributed by atoms with van der Waals surface area (Å²) >= 11 is 0. The molecule has 0 amide bonds. The summed E-state index contributed by atoms with van der Waals surface area (Å²) < 4.78 is 30.9. The van der Waals surface area contributed by atoms with Crippen molar-refractivity contribution in [2.75, 3.05) is 39.2 Å². The van der Waals surface area contributed by atoms with Crippen molar-refractivity contribution in [2.24, 2.45) is 0 Å². The van der Waals surface area contributed by atoms with Crippen LogP contribution in [0.2, 0.25) is 0 Å². The maximum Gasteiger partial charge on any atom is 0.331 e. The number of carbonyl (C=O) groups is 1. The third-order valence-electron chi connectivity index (χ3n) is 4.98. The van der Waals surface area contributed by atoms with Crippen molar-refractivity contribution in [2.45, 2.75) is 59.4 Å². The fraction of sp³-hybridized carbons (Fsp3) is 0.682. The van der Waals surface area contributed by atoms with Crippen molar-refractivity contribution >= 4 is 13.5 Å². The van der Waals surface area contributed by atoms with Gasteiger partial charge < -0.3 is 14.0 Å². The SMILES string of the molecule is CCCc1cccc(CCC)c1OP(=O)(CN1CCOCC1)N[C@@H](C)C(=O)OCC. The number of carbonyl (C=O) groups excluding carboxylic acids is 1. The highest BCUT2D eigenvalue weighted by Crippen LogP contribution is 2.47. The second-order valence-electron chi connectivity index (χ2n) is 7.64. The average molecular weight is 441 g/mol. The van der Waals surface area contributed by atoms with E-state index < -0.39 is 19.5 Å². The molecule has 0 aliphatic carbocycles. The minimum absolute atomic E-state index is 0.214. The second kappa shape index (κ2) is 12.5. The first-order valence-electron chi connectivity index (χ1n) is 11.1. The van der Waals surface area contributed by atoms with Gasteiger partial charge >= 0.3 is 13.5 Å². The Hall–Kier alpha value is -1.40. The Morgan fingerprint density at radius 3 is 2.30 bits per heavy atom. The lowest BCUT2D eigenvalue weighted by atomic mass is 10.0. The largest absolute Gasteiger partial charge is 0.465 e. The Labute approximate surface area is 181 Å². The van der Waals surface area contributed by atoms with E-state index in [0.29, 0.717) is 32.1 Å². The predicted octanol–water partition coefficient (Wildman–Crippen LogP) is 3.99. The van der Waals surface area contributed by atoms with Gasteiger partial charge in [-0.3, -0.25) is 14.3 Å². The Bertz CT molecular complexity index is 697. The molecule has 1 fully saturated rings. The van der Waals surface area contributed by atoms with Crippen LogP contribution in [0.25, 0.3) is 0 Å². The van der Waals surface area contributed by atoms with Gasteiger partial charge in [-0.15, -0.1) is 0 Å². The Kier molecular flexibility index (Phi) is 10.3. The number of esters is 1. The van der Waals surface area contributed by atoms with Crippen molar-refractivity contribution in [1.82, 2.24) is 9.99 Å². The minimum Gasteiger partial charge on any atom is -0.465 e. The van der Waals surface area contributed by atoms with Crippen LogP contribution < -0.4 is 9.61 Å². The van der Waals surface area contributed by atoms with Crippen molar-refractivity contribution in [3.63, 3.8) is 0 Å². The molecule has 30 heavy (non-hydrogen) atoms. The fourth-order valence-electron chi connectivity index (χ4n) is 3.55. The van der Waals surface area contributed by atoms with Gasteiger partial charge in [-0.1, -0.05) is 44.9 Å². The molecule has 1 N–H and O–H groups in total. The van der Waals surface area contributed by atoms with Crippen LogP contribution in [0.5, 0.6) is 5.75 Å². The van der Waals surface area contributed by atoms with E-state index in [2.05, 4.69) is 23.8 Å². The first-order chi connectivity index (χ1) is 14.4. The molecule has 1 unspecified atom stereocenters. The Morgan fingerprint density at radius 1 is 1.17 bits per heavy atom. The van der Waals surface area contributed by atoms with E-state index in [9.17, 15) is 9.36 Å². The number of nitrogens with zero attached hydrogens (tertiary/aromatic N) is 1. The summed E-state index contributed by atoms with van der Waals surface area (Å²) in [6.45, 7) is 10.5. The van der Waals surface area contributed by atoms with E-state index in [1.165, 1.54) is 0 Å². The van der Waals surface area contributed by atoms with Gasteiger partial charge in [0.05, 0.1) is 19.8 Å². The first-order valence-corrected chi connectivity index (χ1v) is 12.9. The number of aryl methyl sites for hydroxylation is 2. The maximum absolute atomic E-state index is 14.1. The van der Waals surface area contributed by atoms with Crippen molar-refractivity contribution < 1.29 is 23.4 Å². The molecule has 170 valence electrons. The lowest BCUT2D eigenvalue weighted by Crippen LogP contribution is -2.42. The summed E-state index contributed by atoms with van der Waals surface area (Å²) in [6, 6.07) is 5.37. The summed E-state index contributed by atoms with van der Waals surface area (Å²) in [7, 11) is -3.43. The quantitative estimate of drug-likeness (QED) is 0.389. The summed E-state index contributed by atoms with van der Waals surface area (Å²) in [4.78, 5) is 14.3. The molecule has 0 aromatic heterocycles. The molecule has 1 aromatic rings. The number of para-hydroxylation sites is 1. The number of benzene rings is 1. The predicted molar refractivity (Wildman–Crippen MR) is 119 cm³/mol. The van der Waals surface area contributed by atoms with Gasteiger partial charge in [0.15, 0.2) is 0 Å². The van der Waals surface area contributed by atoms with Crippen LogP contribution in [0.15, 0.2) is 18.2 Å². The zero-order valence-electron chi connectivity index (χ0n) is 18.8. The van der Waals surface area contributed by atoms with E-state index in [0.717, 1.165) is 36.8 Å². The van der Waals surface area contributed by atoms with Crippen molar-refractivity contribution in [1.29, 1.82) is 0 Å². The van der Waals surface area contributed by atoms with Crippen LogP contribution in [0.3, 0.4) is 0 Å². The maximum atomic E-state index is 14.1. The second-order valence-corrected chi connectivity index (χ2v) is 9.72. The van der Waals surface area contributed by atoms with Gasteiger partial charge in [0, 0.05) is 13.1 Å². The molecule has 7 nitrogen and oxygen atoms in total. The molecule has 0 saturated carbocycles. The number of ether oxygens (including phenoxy) is 2. The van der Waals surface area contributed by atoms with Gasteiger partial charge in [-0.25, -0.2) is 5.09 Å². The van der Waals surface area contributed by atoms with Gasteiger partial charge in [-0.05, 0) is 37.8 Å². The van der Waals surface area contributed by atoms with E-state index in [4.69, 9.17) is 14.0 Å². The van der Waals surface area contributed by atoms with Crippen LogP contribution >= 0.6 is 7.52 Å². The Balaban J connectivity index is 2.34. The number of rotatable bonds is 12. The number of nitrogens with one attached hydrogen (secondary N) is 1. The standard InChI is InChI=1S/C22H37N2O5P/c1-5-9-19-11-8-12-20(10-6-2)21(19)29-30(26,17-24-13-15-27-16-14-24)23-18(4)22(25)28-7-3/h8,11-12,18H,5-7,9-10,13-17H2,1-4H3,(H,23,26)/t18-,30?/m0/s1. The molecule has 1 aliphatic heterocycles. The van der Waals surface area contributed by atoms with E-state index >= 15 is 0 Å². The fourth-order valence-corrected chi connectivity index (χ4v) is 5.78. The number of morpholine rings is 1. The molecule has 0 bridgehead atoms. The summed E-state index contributed by atoms with van der Waals surface area (Å²) in [5, 5.41) is 2.99. The molecule has 1 aromatic carbocycles. The molecule has 1 aliphatic rings. The highest BCUT2D eigenvalue weighted by molar-refractivity contribution is 7.57. The number of hydrogen-bond donors (Lipinski definition) is 1. The van der Waals surface area contributed by atoms with E-state index in [-0.39, 0.29) is 12.9 Å². The highest BCUT2D eigenvalue weighted by Gasteiger charge is 2.34. The molecule has 8 heteroatoms. The van der Waals surface area contributed by atoms with Crippen LogP contribution in [0, 0.1) is 0 Å². The molecule has 2 rings (SSSR count). The first kappa shape index (κ1) is 24.9. The summed E-state index contributed by atoms with van der Waals surface area (Å²) in [5.41, 5.74) is 2.10. The van der Waals surface area contributed by atoms with Gasteiger partial charge in [-0.2, -0.15) is 0 Å². The topological polar surface area (TPSA) is 77.1 Å². The summed E-state index contributed by atoms with van der Waals surface area (Å²) in [6.07, 6.45) is 3.83. The smallest absolute Gasteiger partial charge is 0.331 e. The van der Waals surface area contributed by atoms with Gasteiger partial charge in [0.2, 0.25) is 0 Å². The van der Waals surface area contributed by atoms with Crippen LogP contribution in [0.4, 0.5) is 0 Å². The van der Waals surface area contributed by atoms with E-state index in [1.54, 1.807) is 13.8 Å². The van der Waals surface area contributed by atoms with Crippen molar-refractivity contribution in [3.8, 4) is 5.75 Å². The van der Waals surface area contributed by atoms with Gasteiger partial charge in [0.25, 0.3) is 0 Å². The van der Waals surface area contributed by atoms with Crippen LogP contribution in [-0.2, 0) is 31.7 Å². The molecular weight excluding hydrogens is 403 g/mol. The molecule has 0 spiro atoms. The highest BCUT2D eigenvalue weighted by atomic mass is 31.2. The monoisotopic (exact) mass is 440 g/mol. The normalized spacial score (nSPS) is 17.9. The minimum atomic E-state index is -3.43. The zero-order chi connectivity index (χ0) is 22.0. The molecule has 2 atom stereocenters.